The zero-order chi connectivity index (χ0) is 18.7. The monoisotopic (exact) mass is 357 g/mol. The number of amides is 1. The fraction of sp³-hybridized carbons (Fsp3) is 0.500. The molecule has 2 aromatic rings. The van der Waals surface area contributed by atoms with Gasteiger partial charge < -0.3 is 14.7 Å². The lowest BCUT2D eigenvalue weighted by Gasteiger charge is -2.33. The van der Waals surface area contributed by atoms with Gasteiger partial charge in [-0.1, -0.05) is 6.42 Å². The van der Waals surface area contributed by atoms with Crippen molar-refractivity contribution >= 4 is 11.7 Å². The zero-order valence-corrected chi connectivity index (χ0v) is 15.7. The Kier molecular flexibility index (Phi) is 5.61. The van der Waals surface area contributed by atoms with Crippen molar-refractivity contribution in [2.24, 2.45) is 0 Å². The third-order valence-corrected chi connectivity index (χ3v) is 5.18. The maximum absolute atomic E-state index is 12.7. The first-order valence-electron chi connectivity index (χ1n) is 9.24. The van der Waals surface area contributed by atoms with Crippen LogP contribution in [0.1, 0.15) is 70.1 Å². The molecule has 0 saturated carbocycles. The summed E-state index contributed by atoms with van der Waals surface area (Å²) in [6, 6.07) is 3.87. The van der Waals surface area contributed by atoms with Gasteiger partial charge in [-0.25, -0.2) is 0 Å². The number of hydrogen-bond acceptors (Lipinski definition) is 4. The van der Waals surface area contributed by atoms with Gasteiger partial charge in [-0.2, -0.15) is 0 Å². The van der Waals surface area contributed by atoms with Crippen LogP contribution in [0.25, 0.3) is 0 Å². The Hall–Kier alpha value is -2.34. The van der Waals surface area contributed by atoms with E-state index in [1.807, 2.05) is 26.0 Å². The summed E-state index contributed by atoms with van der Waals surface area (Å²) < 4.78 is 5.62. The van der Waals surface area contributed by atoms with Gasteiger partial charge in [0.25, 0.3) is 5.91 Å². The van der Waals surface area contributed by atoms with Crippen LogP contribution in [0.15, 0.2) is 22.8 Å². The standard InChI is InChI=1S/C20H27N3O3/c1-13-18(15(3)24)14(2)22-19(13)20(25)21-12-16(17-8-7-11-26-17)23-9-5-4-6-10-23/h7-8,11,16,22H,4-6,9-10,12H2,1-3H3,(H,21,25)/t16-/m0/s1. The van der Waals surface area contributed by atoms with Crippen molar-refractivity contribution in [3.05, 3.63) is 46.7 Å². The van der Waals surface area contributed by atoms with Crippen LogP contribution in [0.3, 0.4) is 0 Å². The van der Waals surface area contributed by atoms with Crippen LogP contribution in [-0.4, -0.2) is 41.2 Å². The van der Waals surface area contributed by atoms with Crippen LogP contribution in [-0.2, 0) is 0 Å². The van der Waals surface area contributed by atoms with Crippen molar-refractivity contribution in [2.75, 3.05) is 19.6 Å². The second-order valence-electron chi connectivity index (χ2n) is 7.02. The maximum atomic E-state index is 12.7. The fourth-order valence-electron chi connectivity index (χ4n) is 3.90. The van der Waals surface area contributed by atoms with E-state index in [-0.39, 0.29) is 17.7 Å². The van der Waals surface area contributed by atoms with Crippen LogP contribution in [0.4, 0.5) is 0 Å². The number of furan rings is 1. The predicted molar refractivity (Wildman–Crippen MR) is 99.5 cm³/mol. The highest BCUT2D eigenvalue weighted by atomic mass is 16.3. The van der Waals surface area contributed by atoms with Gasteiger partial charge >= 0.3 is 0 Å². The first-order valence-corrected chi connectivity index (χ1v) is 9.24. The zero-order valence-electron chi connectivity index (χ0n) is 15.7. The molecule has 3 rings (SSSR count). The molecule has 0 aromatic carbocycles. The minimum Gasteiger partial charge on any atom is -0.468 e. The van der Waals surface area contributed by atoms with Gasteiger partial charge in [0, 0.05) is 17.8 Å². The number of nitrogens with zero attached hydrogens (tertiary/aromatic N) is 1. The Balaban J connectivity index is 1.74. The van der Waals surface area contributed by atoms with Crippen molar-refractivity contribution in [3.8, 4) is 0 Å². The lowest BCUT2D eigenvalue weighted by Crippen LogP contribution is -2.40. The van der Waals surface area contributed by atoms with E-state index >= 15 is 0 Å². The van der Waals surface area contributed by atoms with Crippen LogP contribution in [0.2, 0.25) is 0 Å². The van der Waals surface area contributed by atoms with Crippen molar-refractivity contribution in [1.82, 2.24) is 15.2 Å². The molecule has 2 aromatic heterocycles. The molecule has 1 atom stereocenters. The van der Waals surface area contributed by atoms with E-state index in [1.165, 1.54) is 26.2 Å². The molecule has 6 nitrogen and oxygen atoms in total. The average molecular weight is 357 g/mol. The maximum Gasteiger partial charge on any atom is 0.268 e. The van der Waals surface area contributed by atoms with Gasteiger partial charge in [0.05, 0.1) is 12.3 Å². The quantitative estimate of drug-likeness (QED) is 0.777. The molecule has 140 valence electrons. The SMILES string of the molecule is CC(=O)c1c(C)[nH]c(C(=O)NC[C@@H](c2ccco2)N2CCCCC2)c1C. The molecule has 1 aliphatic heterocycles. The highest BCUT2D eigenvalue weighted by molar-refractivity contribution is 6.02. The van der Waals surface area contributed by atoms with Gasteiger partial charge in [-0.05, 0) is 64.4 Å². The molecule has 0 spiro atoms. The van der Waals surface area contributed by atoms with Gasteiger partial charge in [-0.3, -0.25) is 14.5 Å². The highest BCUT2D eigenvalue weighted by Gasteiger charge is 2.26. The summed E-state index contributed by atoms with van der Waals surface area (Å²) in [5, 5.41) is 3.02. The lowest BCUT2D eigenvalue weighted by molar-refractivity contribution is 0.0909. The van der Waals surface area contributed by atoms with Crippen molar-refractivity contribution in [2.45, 2.75) is 46.1 Å². The second-order valence-corrected chi connectivity index (χ2v) is 7.02. The second kappa shape index (κ2) is 7.91. The Labute approximate surface area is 153 Å². The van der Waals surface area contributed by atoms with E-state index in [0.29, 0.717) is 23.4 Å². The molecule has 1 amide bonds. The number of rotatable bonds is 6. The first-order chi connectivity index (χ1) is 12.5. The third-order valence-electron chi connectivity index (χ3n) is 5.18. The third kappa shape index (κ3) is 3.75. The smallest absolute Gasteiger partial charge is 0.268 e. The number of Topliss-reactive ketones (excluding diaryl/α,β-unsaturated/α-hetero) is 1. The fourth-order valence-corrected chi connectivity index (χ4v) is 3.90. The summed E-state index contributed by atoms with van der Waals surface area (Å²) in [6.07, 6.45) is 5.26. The molecule has 1 saturated heterocycles. The highest BCUT2D eigenvalue weighted by Crippen LogP contribution is 2.25. The lowest BCUT2D eigenvalue weighted by atomic mass is 10.1. The van der Waals surface area contributed by atoms with E-state index in [0.717, 1.165) is 24.5 Å². The number of aromatic nitrogens is 1. The first kappa shape index (κ1) is 18.5. The number of carbonyl (C=O) groups excluding carboxylic acids is 2. The summed E-state index contributed by atoms with van der Waals surface area (Å²) in [7, 11) is 0. The molecule has 1 aliphatic rings. The molecular weight excluding hydrogens is 330 g/mol. The molecule has 1 fully saturated rings. The summed E-state index contributed by atoms with van der Waals surface area (Å²) in [6.45, 7) is 7.64. The number of piperidine rings is 1. The Bertz CT molecular complexity index is 771. The molecule has 0 radical (unpaired) electrons. The molecule has 26 heavy (non-hydrogen) atoms. The average Bonchev–Trinajstić information content (AvgIpc) is 3.24. The van der Waals surface area contributed by atoms with Gasteiger partial charge in [0.15, 0.2) is 5.78 Å². The summed E-state index contributed by atoms with van der Waals surface area (Å²) >= 11 is 0. The molecular formula is C20H27N3O3. The number of ketones is 1. The number of H-pyrrole nitrogens is 1. The van der Waals surface area contributed by atoms with E-state index < -0.39 is 0 Å². The van der Waals surface area contributed by atoms with Crippen molar-refractivity contribution in [1.29, 1.82) is 0 Å². The Morgan fingerprint density at radius 3 is 2.58 bits per heavy atom. The largest absolute Gasteiger partial charge is 0.468 e. The number of carbonyl (C=O) groups is 2. The molecule has 0 unspecified atom stereocenters. The Morgan fingerprint density at radius 1 is 1.27 bits per heavy atom. The summed E-state index contributed by atoms with van der Waals surface area (Å²) in [5.41, 5.74) is 2.51. The van der Waals surface area contributed by atoms with Gasteiger partial charge in [-0.15, -0.1) is 0 Å². The van der Waals surface area contributed by atoms with E-state index in [2.05, 4.69) is 15.2 Å². The van der Waals surface area contributed by atoms with Crippen molar-refractivity contribution < 1.29 is 14.0 Å². The molecule has 3 heterocycles. The number of nitrogens with one attached hydrogen (secondary N) is 2. The normalized spacial score (nSPS) is 16.4. The van der Waals surface area contributed by atoms with Crippen LogP contribution in [0.5, 0.6) is 0 Å². The number of aryl methyl sites for hydroxylation is 1. The van der Waals surface area contributed by atoms with Gasteiger partial charge in [0.1, 0.15) is 11.5 Å². The Morgan fingerprint density at radius 2 is 2.00 bits per heavy atom. The van der Waals surface area contributed by atoms with Crippen LogP contribution >= 0.6 is 0 Å². The molecule has 2 N–H and O–H groups in total. The van der Waals surface area contributed by atoms with E-state index in [4.69, 9.17) is 4.42 Å². The minimum atomic E-state index is -0.188. The topological polar surface area (TPSA) is 78.3 Å². The molecule has 0 bridgehead atoms. The molecule has 6 heteroatoms. The number of likely N-dealkylation sites (tertiary alicyclic amines) is 1. The number of aromatic amines is 1. The van der Waals surface area contributed by atoms with Gasteiger partial charge in [0.2, 0.25) is 0 Å². The van der Waals surface area contributed by atoms with Crippen LogP contribution < -0.4 is 5.32 Å². The number of hydrogen-bond donors (Lipinski definition) is 2. The van der Waals surface area contributed by atoms with E-state index in [9.17, 15) is 9.59 Å². The summed E-state index contributed by atoms with van der Waals surface area (Å²) in [4.78, 5) is 29.9. The van der Waals surface area contributed by atoms with Crippen LogP contribution in [0, 0.1) is 13.8 Å². The van der Waals surface area contributed by atoms with E-state index in [1.54, 1.807) is 6.26 Å². The predicted octanol–water partition coefficient (Wildman–Crippen LogP) is 3.38. The minimum absolute atomic E-state index is 0.0258. The van der Waals surface area contributed by atoms with Crippen molar-refractivity contribution in [3.63, 3.8) is 0 Å². The molecule has 0 aliphatic carbocycles. The summed E-state index contributed by atoms with van der Waals surface area (Å²) in [5.74, 6) is 0.653.